The molecule has 2 aliphatic rings. The molecule has 140 valence electrons. The number of nitrogens with one attached hydrogen (secondary N) is 1. The Balaban J connectivity index is 1.82. The van der Waals surface area contributed by atoms with Crippen LogP contribution in [0.15, 0.2) is 24.4 Å². The van der Waals surface area contributed by atoms with Crippen LogP contribution in [-0.2, 0) is 9.59 Å². The van der Waals surface area contributed by atoms with Crippen molar-refractivity contribution < 1.29 is 14.3 Å². The van der Waals surface area contributed by atoms with Gasteiger partial charge >= 0.3 is 0 Å². The first-order chi connectivity index (χ1) is 13.0. The Bertz CT molecular complexity index is 925. The summed E-state index contributed by atoms with van der Waals surface area (Å²) in [4.78, 5) is 35.1. The molecule has 3 heterocycles. The number of hydrogen-bond acceptors (Lipinski definition) is 5. The van der Waals surface area contributed by atoms with E-state index in [9.17, 15) is 9.59 Å². The normalized spacial score (nSPS) is 18.7. The van der Waals surface area contributed by atoms with Gasteiger partial charge in [-0.25, -0.2) is 9.97 Å². The molecule has 1 aromatic heterocycles. The Morgan fingerprint density at radius 3 is 2.89 bits per heavy atom. The molecule has 0 fully saturated rings. The Kier molecular flexibility index (Phi) is 4.30. The van der Waals surface area contributed by atoms with Gasteiger partial charge in [-0.3, -0.25) is 9.59 Å². The van der Waals surface area contributed by atoms with E-state index in [1.165, 1.54) is 0 Å². The van der Waals surface area contributed by atoms with E-state index < -0.39 is 0 Å². The average molecular weight is 366 g/mol. The zero-order valence-electron chi connectivity index (χ0n) is 15.7. The van der Waals surface area contributed by atoms with Crippen molar-refractivity contribution in [3.8, 4) is 5.75 Å². The molecule has 0 saturated carbocycles. The fourth-order valence-electron chi connectivity index (χ4n) is 3.63. The molecule has 1 N–H and O–H groups in total. The molecule has 0 unspecified atom stereocenters. The number of rotatable bonds is 3. The summed E-state index contributed by atoms with van der Waals surface area (Å²) in [6.45, 7) is 6.58. The molecule has 7 nitrogen and oxygen atoms in total. The van der Waals surface area contributed by atoms with E-state index in [2.05, 4.69) is 15.3 Å². The van der Waals surface area contributed by atoms with Crippen LogP contribution in [0.5, 0.6) is 5.75 Å². The van der Waals surface area contributed by atoms with Gasteiger partial charge in [0.1, 0.15) is 11.6 Å². The maximum Gasteiger partial charge on any atom is 0.265 e. The van der Waals surface area contributed by atoms with Crippen molar-refractivity contribution in [1.29, 1.82) is 0 Å². The molecule has 0 saturated heterocycles. The van der Waals surface area contributed by atoms with Crippen LogP contribution in [-0.4, -0.2) is 34.9 Å². The molecule has 1 aromatic carbocycles. The van der Waals surface area contributed by atoms with Gasteiger partial charge in [0.05, 0.1) is 11.4 Å². The first-order valence-electron chi connectivity index (χ1n) is 9.21. The van der Waals surface area contributed by atoms with Gasteiger partial charge in [-0.15, -0.1) is 0 Å². The topological polar surface area (TPSA) is 84.4 Å². The van der Waals surface area contributed by atoms with E-state index in [4.69, 9.17) is 4.74 Å². The highest BCUT2D eigenvalue weighted by Crippen LogP contribution is 2.44. The fourth-order valence-corrected chi connectivity index (χ4v) is 3.63. The van der Waals surface area contributed by atoms with E-state index in [-0.39, 0.29) is 30.3 Å². The van der Waals surface area contributed by atoms with Crippen LogP contribution in [0.2, 0.25) is 0 Å². The summed E-state index contributed by atoms with van der Waals surface area (Å²) in [6.07, 6.45) is 2.06. The Morgan fingerprint density at radius 1 is 1.33 bits per heavy atom. The lowest BCUT2D eigenvalue weighted by molar-refractivity contribution is -0.121. The Morgan fingerprint density at radius 2 is 2.15 bits per heavy atom. The Labute approximate surface area is 157 Å². The molecular formula is C20H22N4O3. The monoisotopic (exact) mass is 366 g/mol. The number of hydrogen-bond donors (Lipinski definition) is 1. The van der Waals surface area contributed by atoms with Gasteiger partial charge < -0.3 is 15.0 Å². The third kappa shape index (κ3) is 3.03. The number of ether oxygens (including phenoxy) is 1. The number of benzene rings is 1. The summed E-state index contributed by atoms with van der Waals surface area (Å²) in [6, 6.07) is 5.63. The predicted octanol–water partition coefficient (Wildman–Crippen LogP) is 2.82. The summed E-state index contributed by atoms with van der Waals surface area (Å²) >= 11 is 0. The zero-order chi connectivity index (χ0) is 19.1. The average Bonchev–Trinajstić information content (AvgIpc) is 2.66. The number of fused-ring (bicyclic) bond motifs is 2. The number of likely N-dealkylation sites (N-methyl/N-ethyl adjacent to an activating group) is 1. The van der Waals surface area contributed by atoms with Gasteiger partial charge in [-0.05, 0) is 30.7 Å². The van der Waals surface area contributed by atoms with Crippen LogP contribution in [0, 0.1) is 0 Å². The van der Waals surface area contributed by atoms with Gasteiger partial charge in [-0.1, -0.05) is 13.8 Å². The molecular weight excluding hydrogens is 344 g/mol. The van der Waals surface area contributed by atoms with Crippen molar-refractivity contribution in [1.82, 2.24) is 9.97 Å². The van der Waals surface area contributed by atoms with Gasteiger partial charge in [0, 0.05) is 36.7 Å². The number of carbonyl (C=O) groups is 2. The number of nitrogens with zero attached hydrogens (tertiary/aromatic N) is 3. The van der Waals surface area contributed by atoms with Crippen molar-refractivity contribution in [2.45, 2.75) is 39.0 Å². The van der Waals surface area contributed by atoms with Crippen molar-refractivity contribution in [3.05, 3.63) is 41.5 Å². The summed E-state index contributed by atoms with van der Waals surface area (Å²) < 4.78 is 5.67. The fraction of sp³-hybridized carbons (Fsp3) is 0.400. The van der Waals surface area contributed by atoms with Gasteiger partial charge in [-0.2, -0.15) is 0 Å². The largest absolute Gasteiger partial charge is 0.482 e. The van der Waals surface area contributed by atoms with E-state index in [1.807, 2.05) is 39.0 Å². The molecule has 27 heavy (non-hydrogen) atoms. The Hall–Kier alpha value is -2.96. The minimum absolute atomic E-state index is 0.0294. The lowest BCUT2D eigenvalue weighted by atomic mass is 9.87. The molecule has 2 aliphatic heterocycles. The van der Waals surface area contributed by atoms with Crippen LogP contribution in [0.4, 0.5) is 11.4 Å². The smallest absolute Gasteiger partial charge is 0.265 e. The number of aromatic nitrogens is 2. The molecule has 4 rings (SSSR count). The van der Waals surface area contributed by atoms with Crippen LogP contribution in [0.3, 0.4) is 0 Å². The predicted molar refractivity (Wildman–Crippen MR) is 101 cm³/mol. The van der Waals surface area contributed by atoms with E-state index >= 15 is 0 Å². The van der Waals surface area contributed by atoms with Crippen LogP contribution < -0.4 is 15.0 Å². The third-order valence-electron chi connectivity index (χ3n) is 5.00. The summed E-state index contributed by atoms with van der Waals surface area (Å²) in [7, 11) is 0. The first-order valence-corrected chi connectivity index (χ1v) is 9.21. The first kappa shape index (κ1) is 17.5. The van der Waals surface area contributed by atoms with Gasteiger partial charge in [0.25, 0.3) is 5.91 Å². The van der Waals surface area contributed by atoms with E-state index in [1.54, 1.807) is 11.1 Å². The molecule has 2 aromatic rings. The van der Waals surface area contributed by atoms with E-state index in [0.29, 0.717) is 30.1 Å². The van der Waals surface area contributed by atoms with Crippen LogP contribution in [0.25, 0.3) is 0 Å². The van der Waals surface area contributed by atoms with Crippen molar-refractivity contribution in [3.63, 3.8) is 0 Å². The molecule has 0 spiro atoms. The van der Waals surface area contributed by atoms with Crippen molar-refractivity contribution in [2.24, 2.45) is 0 Å². The summed E-state index contributed by atoms with van der Waals surface area (Å²) in [5, 5.41) is 2.93. The SMILES string of the molecule is CCN1C(=O)COc2cc3c(cc21)NC(=O)C[C@H]3c1ccnc(C(C)C)n1. The van der Waals surface area contributed by atoms with E-state index in [0.717, 1.165) is 17.1 Å². The number of anilines is 2. The lowest BCUT2D eigenvalue weighted by Gasteiger charge is -2.32. The van der Waals surface area contributed by atoms with Crippen molar-refractivity contribution in [2.75, 3.05) is 23.4 Å². The maximum absolute atomic E-state index is 12.3. The second-order valence-electron chi connectivity index (χ2n) is 7.13. The minimum Gasteiger partial charge on any atom is -0.482 e. The highest BCUT2D eigenvalue weighted by Gasteiger charge is 2.32. The molecule has 2 amide bonds. The highest BCUT2D eigenvalue weighted by molar-refractivity contribution is 6.01. The zero-order valence-corrected chi connectivity index (χ0v) is 15.7. The summed E-state index contributed by atoms with van der Waals surface area (Å²) in [5.74, 6) is 1.31. The third-order valence-corrected chi connectivity index (χ3v) is 5.00. The second kappa shape index (κ2) is 6.64. The highest BCUT2D eigenvalue weighted by atomic mass is 16.5. The maximum atomic E-state index is 12.3. The molecule has 0 radical (unpaired) electrons. The van der Waals surface area contributed by atoms with Gasteiger partial charge in [0.15, 0.2) is 6.61 Å². The second-order valence-corrected chi connectivity index (χ2v) is 7.13. The lowest BCUT2D eigenvalue weighted by Crippen LogP contribution is -2.39. The minimum atomic E-state index is -0.171. The van der Waals surface area contributed by atoms with Crippen LogP contribution >= 0.6 is 0 Å². The molecule has 7 heteroatoms. The molecule has 1 atom stereocenters. The number of carbonyl (C=O) groups excluding carboxylic acids is 2. The van der Waals surface area contributed by atoms with Crippen LogP contribution in [0.1, 0.15) is 56.1 Å². The summed E-state index contributed by atoms with van der Waals surface area (Å²) in [5.41, 5.74) is 3.17. The molecule has 0 aliphatic carbocycles. The van der Waals surface area contributed by atoms with Crippen molar-refractivity contribution >= 4 is 23.2 Å². The molecule has 0 bridgehead atoms. The standard InChI is InChI=1S/C20H22N4O3/c1-4-24-16-9-15-12(7-17(16)27-10-19(24)26)13(8-18(25)22-15)14-5-6-21-20(23-14)11(2)3/h5-7,9,11,13H,4,8,10H2,1-3H3,(H,22,25)/t13-/m1/s1. The van der Waals surface area contributed by atoms with Gasteiger partial charge in [0.2, 0.25) is 5.91 Å². The quantitative estimate of drug-likeness (QED) is 0.903. The number of amides is 2.